The van der Waals surface area contributed by atoms with Crippen LogP contribution in [0, 0.1) is 17.0 Å². The number of carbonyl (C=O) groups excluding carboxylic acids is 8. The highest BCUT2D eigenvalue weighted by Crippen LogP contribution is 2.41. The number of primary amides is 1. The van der Waals surface area contributed by atoms with Crippen LogP contribution in [0.3, 0.4) is 0 Å². The number of aromatic nitrogens is 1. The van der Waals surface area contributed by atoms with Gasteiger partial charge in [0.1, 0.15) is 30.3 Å². The average molecular weight is 910 g/mol. The Balaban J connectivity index is 1.45. The Bertz CT molecular complexity index is 2250. The maximum absolute atomic E-state index is 15.1. The number of hydroxylamine groups is 2. The zero-order valence-corrected chi connectivity index (χ0v) is 36.1. The minimum Gasteiger partial charge on any atom is -0.481 e. The SMILES string of the molecule is CC(C)(C)[C@H](c1cc(-c2cc(F)ccc2F)cn1Cc1ccccc1)N(CCCNC(=O)[C@H](CC(N)=O)NC(=O)[C@H](CC(=O)O)NC(=O)CCCC(=O)ON1C(=O)CCC1=O)C(=O)CO. The van der Waals surface area contributed by atoms with Crippen LogP contribution in [-0.4, -0.2) is 110 Å². The fraction of sp³-hybridized carbons (Fsp3) is 0.432. The molecule has 0 saturated carbocycles. The fourth-order valence-electron chi connectivity index (χ4n) is 7.22. The second kappa shape index (κ2) is 23.1. The first-order valence-electron chi connectivity index (χ1n) is 20.7. The summed E-state index contributed by atoms with van der Waals surface area (Å²) in [7, 11) is 0. The second-order valence-corrected chi connectivity index (χ2v) is 16.4. The number of hydrogen-bond acceptors (Lipinski definition) is 11. The molecule has 0 bridgehead atoms. The number of imide groups is 1. The number of nitrogens with one attached hydrogen (secondary N) is 3. The van der Waals surface area contributed by atoms with Crippen molar-refractivity contribution in [3.05, 3.63) is 83.7 Å². The third-order valence-corrected chi connectivity index (χ3v) is 10.2. The molecule has 19 nitrogen and oxygen atoms in total. The predicted molar refractivity (Wildman–Crippen MR) is 225 cm³/mol. The molecule has 0 spiro atoms. The lowest BCUT2D eigenvalue weighted by molar-refractivity contribution is -0.197. The largest absolute Gasteiger partial charge is 0.481 e. The van der Waals surface area contributed by atoms with E-state index in [1.165, 1.54) is 4.90 Å². The lowest BCUT2D eigenvalue weighted by Gasteiger charge is -2.41. The van der Waals surface area contributed by atoms with Gasteiger partial charge in [0.25, 0.3) is 11.8 Å². The van der Waals surface area contributed by atoms with Crippen molar-refractivity contribution in [3.8, 4) is 11.1 Å². The van der Waals surface area contributed by atoms with E-state index in [0.29, 0.717) is 16.3 Å². The number of halogens is 2. The molecule has 7 N–H and O–H groups in total. The molecule has 1 fully saturated rings. The summed E-state index contributed by atoms with van der Waals surface area (Å²) in [6.07, 6.45) is -1.20. The van der Waals surface area contributed by atoms with Gasteiger partial charge in [-0.25, -0.2) is 13.6 Å². The van der Waals surface area contributed by atoms with Crippen molar-refractivity contribution in [3.63, 3.8) is 0 Å². The van der Waals surface area contributed by atoms with Gasteiger partial charge in [-0.3, -0.25) is 38.4 Å². The first kappa shape index (κ1) is 50.6. The summed E-state index contributed by atoms with van der Waals surface area (Å²) >= 11 is 0. The van der Waals surface area contributed by atoms with Crippen molar-refractivity contribution in [2.75, 3.05) is 19.7 Å². The number of carbonyl (C=O) groups is 9. The van der Waals surface area contributed by atoms with Crippen molar-refractivity contribution >= 4 is 53.3 Å². The quantitative estimate of drug-likeness (QED) is 0.0589. The van der Waals surface area contributed by atoms with Crippen molar-refractivity contribution < 1.29 is 67.0 Å². The van der Waals surface area contributed by atoms with Crippen LogP contribution in [0.5, 0.6) is 0 Å². The number of aliphatic carboxylic acids is 1. The molecule has 1 aliphatic heterocycles. The lowest BCUT2D eigenvalue weighted by Crippen LogP contribution is -2.55. The van der Waals surface area contributed by atoms with Gasteiger partial charge in [-0.15, -0.1) is 5.06 Å². The standard InChI is InChI=1S/C44H53F2N7O12/c1-44(2,3)41(33-19-27(29-20-28(45)13-14-30(29)46)24-51(33)23-26-9-5-4-6-10-26)52(38(59)25-54)18-8-17-48-42(63)31(21-34(47)55)50-43(64)32(22-39(60)61)49-35(56)11-7-12-40(62)65-53-36(57)15-16-37(53)58/h4-6,9-10,13-14,19-20,24,31-32,41,54H,7-8,11-12,15-18,21-23,25H2,1-3H3,(H2,47,55)(H,48,63)(H,49,56)(H,50,64)(H,60,61)/t31-,32-,41-/m0/s1. The first-order chi connectivity index (χ1) is 30.7. The topological polar surface area (TPSA) is 277 Å². The van der Waals surface area contributed by atoms with E-state index in [1.54, 1.807) is 12.3 Å². The highest BCUT2D eigenvalue weighted by molar-refractivity contribution is 6.01. The van der Waals surface area contributed by atoms with Crippen molar-refractivity contribution in [2.24, 2.45) is 11.1 Å². The van der Waals surface area contributed by atoms with Gasteiger partial charge in [0.15, 0.2) is 0 Å². The van der Waals surface area contributed by atoms with E-state index in [-0.39, 0.29) is 50.9 Å². The molecule has 1 saturated heterocycles. The highest BCUT2D eigenvalue weighted by atomic mass is 19.1. The number of amides is 7. The number of carboxylic acid groups (broad SMARTS) is 1. The Hall–Kier alpha value is -7.03. The molecular formula is C44H53F2N7O12. The Labute approximate surface area is 372 Å². The van der Waals surface area contributed by atoms with Crippen LogP contribution in [0.25, 0.3) is 11.1 Å². The molecule has 3 atom stereocenters. The zero-order chi connectivity index (χ0) is 48.0. The average Bonchev–Trinajstić information content (AvgIpc) is 3.78. The summed E-state index contributed by atoms with van der Waals surface area (Å²) in [5, 5.41) is 26.9. The van der Waals surface area contributed by atoms with Gasteiger partial charge in [0.05, 0.1) is 18.9 Å². The van der Waals surface area contributed by atoms with E-state index < -0.39 is 121 Å². The van der Waals surface area contributed by atoms with E-state index in [1.807, 2.05) is 55.7 Å². The Kier molecular flexibility index (Phi) is 18.0. The van der Waals surface area contributed by atoms with Crippen LogP contribution < -0.4 is 21.7 Å². The molecular weight excluding hydrogens is 857 g/mol. The van der Waals surface area contributed by atoms with E-state index in [0.717, 1.165) is 23.8 Å². The molecule has 0 radical (unpaired) electrons. The van der Waals surface area contributed by atoms with Crippen molar-refractivity contribution in [2.45, 2.75) is 96.8 Å². The Morgan fingerprint density at radius 3 is 2.15 bits per heavy atom. The molecule has 3 aromatic rings. The van der Waals surface area contributed by atoms with Crippen LogP contribution in [0.15, 0.2) is 60.8 Å². The molecule has 1 aromatic heterocycles. The van der Waals surface area contributed by atoms with Crippen LogP contribution >= 0.6 is 0 Å². The Morgan fingerprint density at radius 2 is 1.54 bits per heavy atom. The third kappa shape index (κ3) is 14.8. The molecule has 350 valence electrons. The van der Waals surface area contributed by atoms with Gasteiger partial charge in [-0.2, -0.15) is 0 Å². The van der Waals surface area contributed by atoms with Crippen LogP contribution in [-0.2, 0) is 54.5 Å². The maximum Gasteiger partial charge on any atom is 0.333 e. The summed E-state index contributed by atoms with van der Waals surface area (Å²) in [6.45, 7) is 4.75. The number of nitrogens with two attached hydrogens (primary N) is 1. The normalized spacial score (nSPS) is 14.0. The molecule has 2 heterocycles. The number of aliphatic hydroxyl groups excluding tert-OH is 1. The molecule has 1 aliphatic rings. The second-order valence-electron chi connectivity index (χ2n) is 16.4. The molecule has 0 aliphatic carbocycles. The van der Waals surface area contributed by atoms with E-state index in [9.17, 15) is 57.8 Å². The van der Waals surface area contributed by atoms with E-state index >= 15 is 4.39 Å². The number of carboxylic acids is 1. The summed E-state index contributed by atoms with van der Waals surface area (Å²) in [6, 6.07) is 9.86. The number of rotatable bonds is 23. The number of benzene rings is 2. The highest BCUT2D eigenvalue weighted by Gasteiger charge is 2.38. The fourth-order valence-corrected chi connectivity index (χ4v) is 7.22. The predicted octanol–water partition coefficient (Wildman–Crippen LogP) is 1.99. The van der Waals surface area contributed by atoms with E-state index in [4.69, 9.17) is 10.6 Å². The Morgan fingerprint density at radius 1 is 0.877 bits per heavy atom. The monoisotopic (exact) mass is 909 g/mol. The summed E-state index contributed by atoms with van der Waals surface area (Å²) in [5.41, 5.74) is 6.36. The number of hydrogen-bond donors (Lipinski definition) is 6. The third-order valence-electron chi connectivity index (χ3n) is 10.2. The van der Waals surface area contributed by atoms with Crippen LogP contribution in [0.2, 0.25) is 0 Å². The molecule has 0 unspecified atom stereocenters. The van der Waals surface area contributed by atoms with E-state index in [2.05, 4.69) is 16.0 Å². The molecule has 7 amide bonds. The zero-order valence-electron chi connectivity index (χ0n) is 36.1. The van der Waals surface area contributed by atoms with Gasteiger partial charge in [-0.05, 0) is 48.1 Å². The van der Waals surface area contributed by atoms with Crippen molar-refractivity contribution in [1.29, 1.82) is 0 Å². The van der Waals surface area contributed by atoms with Crippen molar-refractivity contribution in [1.82, 2.24) is 30.5 Å². The number of nitrogens with zero attached hydrogens (tertiary/aromatic N) is 3. The summed E-state index contributed by atoms with van der Waals surface area (Å²) in [4.78, 5) is 118. The number of aliphatic hydroxyl groups is 1. The first-order valence-corrected chi connectivity index (χ1v) is 20.7. The maximum atomic E-state index is 15.1. The van der Waals surface area contributed by atoms with Gasteiger partial charge in [0.2, 0.25) is 29.5 Å². The van der Waals surface area contributed by atoms with Crippen LogP contribution in [0.1, 0.15) is 89.4 Å². The van der Waals surface area contributed by atoms with Gasteiger partial charge in [-0.1, -0.05) is 51.1 Å². The smallest absolute Gasteiger partial charge is 0.333 e. The van der Waals surface area contributed by atoms with Gasteiger partial charge in [0, 0.05) is 68.3 Å². The molecule has 4 rings (SSSR count). The van der Waals surface area contributed by atoms with Gasteiger partial charge < -0.3 is 46.2 Å². The minimum atomic E-state index is -1.75. The molecule has 21 heteroatoms. The molecule has 65 heavy (non-hydrogen) atoms. The molecule has 2 aromatic carbocycles. The minimum absolute atomic E-state index is 0.00415. The van der Waals surface area contributed by atoms with Crippen LogP contribution in [0.4, 0.5) is 8.78 Å². The summed E-state index contributed by atoms with van der Waals surface area (Å²) in [5.74, 6) is -9.84. The summed E-state index contributed by atoms with van der Waals surface area (Å²) < 4.78 is 31.3. The lowest BCUT2D eigenvalue weighted by atomic mass is 9.83. The van der Waals surface area contributed by atoms with Gasteiger partial charge >= 0.3 is 11.9 Å².